The van der Waals surface area contributed by atoms with Crippen LogP contribution < -0.4 is 10.6 Å². The van der Waals surface area contributed by atoms with Crippen molar-refractivity contribution in [3.8, 4) is 0 Å². The summed E-state index contributed by atoms with van der Waals surface area (Å²) < 4.78 is 0.811. The molecule has 2 rings (SSSR count). The summed E-state index contributed by atoms with van der Waals surface area (Å²) in [5.41, 5.74) is 0.790. The van der Waals surface area contributed by atoms with Gasteiger partial charge < -0.3 is 10.6 Å². The first kappa shape index (κ1) is 15.8. The number of amides is 1. The largest absolute Gasteiger partial charge is 0.350 e. The van der Waals surface area contributed by atoms with Crippen LogP contribution in [-0.2, 0) is 0 Å². The van der Waals surface area contributed by atoms with Crippen molar-refractivity contribution in [1.29, 1.82) is 0 Å². The van der Waals surface area contributed by atoms with Crippen molar-refractivity contribution < 1.29 is 4.79 Å². The highest BCUT2D eigenvalue weighted by Gasteiger charge is 2.31. The first-order chi connectivity index (χ1) is 9.38. The van der Waals surface area contributed by atoms with Gasteiger partial charge in [0.1, 0.15) is 0 Å². The molecular formula is C15H20BrClN2O. The highest BCUT2D eigenvalue weighted by molar-refractivity contribution is 9.10. The van der Waals surface area contributed by atoms with Gasteiger partial charge in [0.2, 0.25) is 0 Å². The van der Waals surface area contributed by atoms with Gasteiger partial charge in [-0.2, -0.15) is 0 Å². The molecule has 3 nitrogen and oxygen atoms in total. The van der Waals surface area contributed by atoms with Crippen LogP contribution >= 0.6 is 27.5 Å². The maximum atomic E-state index is 12.2. The third-order valence-electron chi connectivity index (χ3n) is 3.92. The minimum absolute atomic E-state index is 0.0867. The molecule has 0 radical (unpaired) electrons. The predicted molar refractivity (Wildman–Crippen MR) is 86.3 cm³/mol. The lowest BCUT2D eigenvalue weighted by molar-refractivity contribution is 0.0929. The van der Waals surface area contributed by atoms with Crippen molar-refractivity contribution in [3.63, 3.8) is 0 Å². The van der Waals surface area contributed by atoms with E-state index in [-0.39, 0.29) is 11.3 Å². The molecule has 110 valence electrons. The Kier molecular flexibility index (Phi) is 5.10. The number of halogens is 2. The van der Waals surface area contributed by atoms with Gasteiger partial charge in [-0.25, -0.2) is 0 Å². The molecule has 20 heavy (non-hydrogen) atoms. The van der Waals surface area contributed by atoms with Gasteiger partial charge in [-0.05, 0) is 43.0 Å². The highest BCUT2D eigenvalue weighted by atomic mass is 79.9. The van der Waals surface area contributed by atoms with E-state index in [9.17, 15) is 4.79 Å². The Morgan fingerprint density at radius 3 is 2.90 bits per heavy atom. The van der Waals surface area contributed by atoms with E-state index in [1.165, 1.54) is 12.8 Å². The van der Waals surface area contributed by atoms with Crippen LogP contribution in [0.3, 0.4) is 0 Å². The first-order valence-electron chi connectivity index (χ1n) is 6.86. The molecule has 0 bridgehead atoms. The lowest BCUT2D eigenvalue weighted by Gasteiger charge is -2.39. The normalized spacial score (nSPS) is 21.5. The van der Waals surface area contributed by atoms with Crippen LogP contribution in [0.4, 0.5) is 0 Å². The molecule has 0 spiro atoms. The third kappa shape index (κ3) is 3.96. The summed E-state index contributed by atoms with van der Waals surface area (Å²) in [6, 6.07) is 5.54. The van der Waals surface area contributed by atoms with Crippen molar-refractivity contribution in [1.82, 2.24) is 10.6 Å². The molecular weight excluding hydrogens is 340 g/mol. The van der Waals surface area contributed by atoms with Crippen LogP contribution in [0.5, 0.6) is 0 Å². The van der Waals surface area contributed by atoms with Gasteiger partial charge in [0.25, 0.3) is 5.91 Å². The van der Waals surface area contributed by atoms with Gasteiger partial charge in [0.15, 0.2) is 0 Å². The lowest BCUT2D eigenvalue weighted by Crippen LogP contribution is -2.52. The Morgan fingerprint density at radius 1 is 1.50 bits per heavy atom. The SMILES string of the molecule is CC1(C)CCCNC1CNC(=O)c1cc(Cl)cc(Br)c1. The molecule has 0 aromatic heterocycles. The molecule has 1 aliphatic rings. The van der Waals surface area contributed by atoms with E-state index in [1.807, 2.05) is 0 Å². The van der Waals surface area contributed by atoms with Crippen LogP contribution in [0.2, 0.25) is 5.02 Å². The molecule has 1 amide bonds. The van der Waals surface area contributed by atoms with E-state index in [4.69, 9.17) is 11.6 Å². The Hall–Kier alpha value is -0.580. The Bertz CT molecular complexity index is 484. The van der Waals surface area contributed by atoms with Crippen LogP contribution in [0.15, 0.2) is 22.7 Å². The van der Waals surface area contributed by atoms with Crippen molar-refractivity contribution >= 4 is 33.4 Å². The van der Waals surface area contributed by atoms with Crippen LogP contribution in [0.1, 0.15) is 37.0 Å². The van der Waals surface area contributed by atoms with E-state index < -0.39 is 0 Å². The highest BCUT2D eigenvalue weighted by Crippen LogP contribution is 2.29. The van der Waals surface area contributed by atoms with Gasteiger partial charge in [0.05, 0.1) is 0 Å². The quantitative estimate of drug-likeness (QED) is 0.865. The van der Waals surface area contributed by atoms with E-state index in [0.29, 0.717) is 23.2 Å². The number of carbonyl (C=O) groups excluding carboxylic acids is 1. The summed E-state index contributed by atoms with van der Waals surface area (Å²) in [7, 11) is 0. The number of benzene rings is 1. The van der Waals surface area contributed by atoms with Crippen molar-refractivity contribution in [2.75, 3.05) is 13.1 Å². The predicted octanol–water partition coefficient (Wildman–Crippen LogP) is 3.61. The topological polar surface area (TPSA) is 41.1 Å². The second-order valence-corrected chi connectivity index (χ2v) is 7.32. The Morgan fingerprint density at radius 2 is 2.25 bits per heavy atom. The second-order valence-electron chi connectivity index (χ2n) is 5.97. The number of hydrogen-bond donors (Lipinski definition) is 2. The van der Waals surface area contributed by atoms with E-state index in [0.717, 1.165) is 11.0 Å². The molecule has 0 aliphatic carbocycles. The molecule has 0 saturated carbocycles. The lowest BCUT2D eigenvalue weighted by atomic mass is 9.77. The molecule has 1 saturated heterocycles. The van der Waals surface area contributed by atoms with E-state index in [2.05, 4.69) is 40.4 Å². The summed E-state index contributed by atoms with van der Waals surface area (Å²) in [4.78, 5) is 12.2. The van der Waals surface area contributed by atoms with Gasteiger partial charge in [-0.1, -0.05) is 41.4 Å². The van der Waals surface area contributed by atoms with Crippen molar-refractivity contribution in [3.05, 3.63) is 33.3 Å². The maximum Gasteiger partial charge on any atom is 0.251 e. The summed E-state index contributed by atoms with van der Waals surface area (Å²) in [5.74, 6) is -0.0867. The van der Waals surface area contributed by atoms with E-state index in [1.54, 1.807) is 18.2 Å². The smallest absolute Gasteiger partial charge is 0.251 e. The van der Waals surface area contributed by atoms with Gasteiger partial charge >= 0.3 is 0 Å². The number of piperidine rings is 1. The molecule has 5 heteroatoms. The molecule has 1 fully saturated rings. The fraction of sp³-hybridized carbons (Fsp3) is 0.533. The zero-order valence-electron chi connectivity index (χ0n) is 11.8. The zero-order valence-corrected chi connectivity index (χ0v) is 14.1. The standard InChI is InChI=1S/C15H20BrClN2O/c1-15(2)4-3-5-18-13(15)9-19-14(20)10-6-11(16)8-12(17)7-10/h6-8,13,18H,3-5,9H2,1-2H3,(H,19,20). The van der Waals surface area contributed by atoms with Crippen LogP contribution in [0, 0.1) is 5.41 Å². The maximum absolute atomic E-state index is 12.2. The fourth-order valence-corrected chi connectivity index (χ4v) is 3.46. The second kappa shape index (κ2) is 6.46. The minimum atomic E-state index is -0.0867. The Labute approximate surface area is 133 Å². The number of rotatable bonds is 3. The monoisotopic (exact) mass is 358 g/mol. The average molecular weight is 360 g/mol. The fourth-order valence-electron chi connectivity index (χ4n) is 2.60. The van der Waals surface area contributed by atoms with Crippen LogP contribution in [-0.4, -0.2) is 25.0 Å². The molecule has 1 heterocycles. The molecule has 1 aromatic carbocycles. The zero-order chi connectivity index (χ0) is 14.8. The van der Waals surface area contributed by atoms with Gasteiger partial charge in [-0.15, -0.1) is 0 Å². The molecule has 2 N–H and O–H groups in total. The molecule has 1 unspecified atom stereocenters. The number of hydrogen-bond acceptors (Lipinski definition) is 2. The summed E-state index contributed by atoms with van der Waals surface area (Å²) in [5, 5.41) is 7.04. The summed E-state index contributed by atoms with van der Waals surface area (Å²) in [6.45, 7) is 6.14. The first-order valence-corrected chi connectivity index (χ1v) is 8.03. The van der Waals surface area contributed by atoms with Crippen LogP contribution in [0.25, 0.3) is 0 Å². The molecule has 1 aromatic rings. The average Bonchev–Trinajstić information content (AvgIpc) is 2.35. The minimum Gasteiger partial charge on any atom is -0.350 e. The molecule has 1 aliphatic heterocycles. The van der Waals surface area contributed by atoms with Crippen molar-refractivity contribution in [2.45, 2.75) is 32.7 Å². The number of nitrogens with one attached hydrogen (secondary N) is 2. The summed E-state index contributed by atoms with van der Waals surface area (Å²) in [6.07, 6.45) is 2.38. The summed E-state index contributed by atoms with van der Waals surface area (Å²) >= 11 is 9.32. The third-order valence-corrected chi connectivity index (χ3v) is 4.60. The van der Waals surface area contributed by atoms with Crippen molar-refractivity contribution in [2.24, 2.45) is 5.41 Å². The van der Waals surface area contributed by atoms with Gasteiger partial charge in [-0.3, -0.25) is 4.79 Å². The Balaban J connectivity index is 1.98. The number of carbonyl (C=O) groups is 1. The molecule has 1 atom stereocenters. The van der Waals surface area contributed by atoms with Gasteiger partial charge in [0, 0.05) is 27.6 Å². The van der Waals surface area contributed by atoms with E-state index >= 15 is 0 Å².